The largest absolute Gasteiger partial charge is 0.368 e. The molecule has 98 valence electrons. The van der Waals surface area contributed by atoms with Gasteiger partial charge < -0.3 is 9.84 Å². The minimum absolute atomic E-state index is 0.477. The van der Waals surface area contributed by atoms with E-state index < -0.39 is 6.29 Å². The molecule has 0 amide bonds. The Labute approximate surface area is 101 Å². The van der Waals surface area contributed by atoms with Crippen molar-refractivity contribution in [1.29, 1.82) is 0 Å². The maximum atomic E-state index is 9.34. The maximum Gasteiger partial charge on any atom is 0.154 e. The highest BCUT2D eigenvalue weighted by Gasteiger charge is 2.08. The first-order valence-electron chi connectivity index (χ1n) is 6.75. The van der Waals surface area contributed by atoms with Crippen molar-refractivity contribution < 1.29 is 9.84 Å². The zero-order valence-electron chi connectivity index (χ0n) is 11.6. The van der Waals surface area contributed by atoms with Crippen LogP contribution in [0.1, 0.15) is 72.6 Å². The first-order valence-corrected chi connectivity index (χ1v) is 6.75. The van der Waals surface area contributed by atoms with Gasteiger partial charge >= 0.3 is 0 Å². The van der Waals surface area contributed by atoms with E-state index in [-0.39, 0.29) is 0 Å². The molecule has 0 aliphatic heterocycles. The van der Waals surface area contributed by atoms with Crippen LogP contribution in [0.3, 0.4) is 0 Å². The fraction of sp³-hybridized carbons (Fsp3) is 1.00. The summed E-state index contributed by atoms with van der Waals surface area (Å²) in [5.74, 6) is 0. The molecule has 2 heteroatoms. The highest BCUT2D eigenvalue weighted by molar-refractivity contribution is 4.61. The number of unbranched alkanes of at least 4 members (excludes halogenated alkanes) is 4. The molecule has 1 unspecified atom stereocenters. The molecule has 16 heavy (non-hydrogen) atoms. The number of ether oxygens (including phenoxy) is 1. The van der Waals surface area contributed by atoms with Crippen molar-refractivity contribution in [2.24, 2.45) is 5.41 Å². The molecule has 2 nitrogen and oxygen atoms in total. The Morgan fingerprint density at radius 1 is 1.00 bits per heavy atom. The quantitative estimate of drug-likeness (QED) is 0.477. The lowest BCUT2D eigenvalue weighted by atomic mass is 9.89. The normalized spacial score (nSPS) is 14.1. The summed E-state index contributed by atoms with van der Waals surface area (Å²) >= 11 is 0. The van der Waals surface area contributed by atoms with Crippen LogP contribution < -0.4 is 0 Å². The lowest BCUT2D eigenvalue weighted by molar-refractivity contribution is -0.0994. The van der Waals surface area contributed by atoms with E-state index in [4.69, 9.17) is 4.74 Å². The van der Waals surface area contributed by atoms with E-state index in [0.717, 1.165) is 12.8 Å². The smallest absolute Gasteiger partial charge is 0.154 e. The van der Waals surface area contributed by atoms with Gasteiger partial charge in [0.25, 0.3) is 0 Å². The van der Waals surface area contributed by atoms with Crippen LogP contribution in [-0.2, 0) is 4.74 Å². The van der Waals surface area contributed by atoms with E-state index >= 15 is 0 Å². The molecular formula is C14H30O2. The zero-order chi connectivity index (χ0) is 12.4. The van der Waals surface area contributed by atoms with Crippen molar-refractivity contribution in [3.05, 3.63) is 0 Å². The van der Waals surface area contributed by atoms with E-state index in [9.17, 15) is 5.11 Å². The lowest BCUT2D eigenvalue weighted by Crippen LogP contribution is -2.11. The summed E-state index contributed by atoms with van der Waals surface area (Å²) < 4.78 is 5.07. The van der Waals surface area contributed by atoms with Crippen LogP contribution in [0.15, 0.2) is 0 Å². The number of rotatable bonds is 9. The summed E-state index contributed by atoms with van der Waals surface area (Å²) in [6.45, 7) is 9.41. The van der Waals surface area contributed by atoms with Gasteiger partial charge in [-0.15, -0.1) is 0 Å². The second kappa shape index (κ2) is 9.00. The predicted octanol–water partition coefficient (Wildman–Crippen LogP) is 4.12. The number of aliphatic hydroxyl groups is 1. The van der Waals surface area contributed by atoms with Crippen LogP contribution in [0.25, 0.3) is 0 Å². The van der Waals surface area contributed by atoms with Crippen LogP contribution in [0.2, 0.25) is 0 Å². The van der Waals surface area contributed by atoms with E-state index in [0.29, 0.717) is 12.0 Å². The average molecular weight is 230 g/mol. The Bertz CT molecular complexity index is 149. The summed E-state index contributed by atoms with van der Waals surface area (Å²) in [4.78, 5) is 0. The molecular weight excluding hydrogens is 200 g/mol. The van der Waals surface area contributed by atoms with Gasteiger partial charge in [0.2, 0.25) is 0 Å². The third kappa shape index (κ3) is 12.0. The van der Waals surface area contributed by atoms with Gasteiger partial charge in [-0.05, 0) is 31.6 Å². The van der Waals surface area contributed by atoms with Gasteiger partial charge in [-0.2, -0.15) is 0 Å². The van der Waals surface area contributed by atoms with Crippen LogP contribution in [0.5, 0.6) is 0 Å². The topological polar surface area (TPSA) is 29.5 Å². The molecule has 0 radical (unpaired) electrons. The van der Waals surface area contributed by atoms with Crippen LogP contribution in [0, 0.1) is 5.41 Å². The first-order chi connectivity index (χ1) is 7.45. The van der Waals surface area contributed by atoms with Gasteiger partial charge in [-0.25, -0.2) is 0 Å². The van der Waals surface area contributed by atoms with Crippen molar-refractivity contribution in [1.82, 2.24) is 0 Å². The number of hydrogen-bond donors (Lipinski definition) is 1. The molecule has 0 saturated carbocycles. The molecule has 0 aromatic rings. The molecule has 1 atom stereocenters. The molecule has 0 aliphatic carbocycles. The minimum Gasteiger partial charge on any atom is -0.368 e. The summed E-state index contributed by atoms with van der Waals surface area (Å²) in [5, 5.41) is 9.34. The van der Waals surface area contributed by atoms with E-state index in [1.807, 2.05) is 6.92 Å². The van der Waals surface area contributed by atoms with Gasteiger partial charge in [0.15, 0.2) is 6.29 Å². The first kappa shape index (κ1) is 15.9. The Kier molecular flexibility index (Phi) is 8.96. The fourth-order valence-corrected chi connectivity index (χ4v) is 1.78. The predicted molar refractivity (Wildman–Crippen MR) is 69.4 cm³/mol. The van der Waals surface area contributed by atoms with E-state index in [1.165, 1.54) is 32.1 Å². The third-order valence-corrected chi connectivity index (χ3v) is 2.74. The molecule has 0 saturated heterocycles. The molecule has 0 rings (SSSR count). The summed E-state index contributed by atoms with van der Waals surface area (Å²) in [5.41, 5.74) is 0.477. The number of aliphatic hydroxyl groups excluding tert-OH is 1. The Hall–Kier alpha value is -0.0800. The standard InChI is InChI=1S/C14H30O2/c1-5-16-13(15)11-9-7-6-8-10-12-14(2,3)4/h13,15H,5-12H2,1-4H3. The maximum absolute atomic E-state index is 9.34. The molecule has 0 bridgehead atoms. The van der Waals surface area contributed by atoms with E-state index in [1.54, 1.807) is 0 Å². The summed E-state index contributed by atoms with van der Waals surface area (Å²) in [6.07, 6.45) is 7.79. The van der Waals surface area contributed by atoms with Crippen molar-refractivity contribution in [3.8, 4) is 0 Å². The monoisotopic (exact) mass is 230 g/mol. The SMILES string of the molecule is CCOC(O)CCCCCCCC(C)(C)C. The van der Waals surface area contributed by atoms with Crippen molar-refractivity contribution in [3.63, 3.8) is 0 Å². The fourth-order valence-electron chi connectivity index (χ4n) is 1.78. The molecule has 0 aromatic carbocycles. The average Bonchev–Trinajstić information content (AvgIpc) is 2.15. The van der Waals surface area contributed by atoms with Crippen LogP contribution >= 0.6 is 0 Å². The van der Waals surface area contributed by atoms with Crippen LogP contribution in [-0.4, -0.2) is 18.0 Å². The number of hydrogen-bond acceptors (Lipinski definition) is 2. The second-order valence-corrected chi connectivity index (χ2v) is 5.78. The third-order valence-electron chi connectivity index (χ3n) is 2.74. The molecule has 0 aromatic heterocycles. The van der Waals surface area contributed by atoms with Gasteiger partial charge in [0.1, 0.15) is 0 Å². The molecule has 0 spiro atoms. The summed E-state index contributed by atoms with van der Waals surface area (Å²) in [6, 6.07) is 0. The van der Waals surface area contributed by atoms with Gasteiger partial charge in [-0.3, -0.25) is 0 Å². The van der Waals surface area contributed by atoms with Gasteiger partial charge in [0.05, 0.1) is 0 Å². The Morgan fingerprint density at radius 2 is 1.56 bits per heavy atom. The molecule has 0 fully saturated rings. The Morgan fingerprint density at radius 3 is 2.12 bits per heavy atom. The zero-order valence-corrected chi connectivity index (χ0v) is 11.6. The van der Waals surface area contributed by atoms with Gasteiger partial charge in [0, 0.05) is 6.61 Å². The molecule has 1 N–H and O–H groups in total. The highest BCUT2D eigenvalue weighted by Crippen LogP contribution is 2.22. The minimum atomic E-state index is -0.542. The van der Waals surface area contributed by atoms with Crippen LogP contribution in [0.4, 0.5) is 0 Å². The van der Waals surface area contributed by atoms with E-state index in [2.05, 4.69) is 20.8 Å². The highest BCUT2D eigenvalue weighted by atomic mass is 16.6. The van der Waals surface area contributed by atoms with Crippen molar-refractivity contribution in [2.75, 3.05) is 6.61 Å². The van der Waals surface area contributed by atoms with Gasteiger partial charge in [-0.1, -0.05) is 46.5 Å². The lowest BCUT2D eigenvalue weighted by Gasteiger charge is -2.17. The van der Waals surface area contributed by atoms with Crippen molar-refractivity contribution in [2.45, 2.75) is 78.9 Å². The second-order valence-electron chi connectivity index (χ2n) is 5.78. The summed E-state index contributed by atoms with van der Waals surface area (Å²) in [7, 11) is 0. The molecule has 0 aliphatic rings. The molecule has 0 heterocycles. The Balaban J connectivity index is 3.16. The van der Waals surface area contributed by atoms with Crippen molar-refractivity contribution >= 4 is 0 Å².